The Bertz CT molecular complexity index is 454. The van der Waals surface area contributed by atoms with Crippen LogP contribution in [0.1, 0.15) is 23.2 Å². The van der Waals surface area contributed by atoms with Crippen molar-refractivity contribution in [3.63, 3.8) is 0 Å². The van der Waals surface area contributed by atoms with E-state index < -0.39 is 0 Å². The predicted molar refractivity (Wildman–Crippen MR) is 54.7 cm³/mol. The van der Waals surface area contributed by atoms with Gasteiger partial charge in [-0.3, -0.25) is 4.79 Å². The molecule has 2 N–H and O–H groups in total. The van der Waals surface area contributed by atoms with Crippen molar-refractivity contribution in [3.8, 4) is 17.2 Å². The van der Waals surface area contributed by atoms with Crippen LogP contribution in [0.3, 0.4) is 0 Å². The highest BCUT2D eigenvalue weighted by atomic mass is 16.7. The standard InChI is InChI=1S/C11H11NO4/c13-8-4-10-9(15-5-16-10)3-7(8)11(14)12-6-1-2-6/h3-4,6,13H,1-2,5H2,(H,12,14). The summed E-state index contributed by atoms with van der Waals surface area (Å²) in [6.07, 6.45) is 2.02. The van der Waals surface area contributed by atoms with Crippen molar-refractivity contribution in [2.45, 2.75) is 18.9 Å². The summed E-state index contributed by atoms with van der Waals surface area (Å²) in [6, 6.07) is 3.18. The number of hydrogen-bond donors (Lipinski definition) is 2. The lowest BCUT2D eigenvalue weighted by Crippen LogP contribution is -2.25. The Morgan fingerprint density at radius 1 is 1.31 bits per heavy atom. The number of benzene rings is 1. The molecule has 84 valence electrons. The van der Waals surface area contributed by atoms with E-state index in [1.54, 1.807) is 0 Å². The molecule has 1 heterocycles. The summed E-state index contributed by atoms with van der Waals surface area (Å²) in [5.41, 5.74) is 0.233. The van der Waals surface area contributed by atoms with Crippen LogP contribution in [0.5, 0.6) is 17.2 Å². The van der Waals surface area contributed by atoms with Gasteiger partial charge in [-0.2, -0.15) is 0 Å². The first-order valence-electron chi connectivity index (χ1n) is 5.17. The van der Waals surface area contributed by atoms with Crippen LogP contribution >= 0.6 is 0 Å². The molecule has 0 unspecified atom stereocenters. The van der Waals surface area contributed by atoms with E-state index in [4.69, 9.17) is 9.47 Å². The van der Waals surface area contributed by atoms with Crippen molar-refractivity contribution in [2.24, 2.45) is 0 Å². The smallest absolute Gasteiger partial charge is 0.255 e. The van der Waals surface area contributed by atoms with Gasteiger partial charge in [0.25, 0.3) is 5.91 Å². The molecular weight excluding hydrogens is 210 g/mol. The fourth-order valence-corrected chi connectivity index (χ4v) is 1.60. The zero-order chi connectivity index (χ0) is 11.1. The summed E-state index contributed by atoms with van der Waals surface area (Å²) in [7, 11) is 0. The fraction of sp³-hybridized carbons (Fsp3) is 0.364. The van der Waals surface area contributed by atoms with Gasteiger partial charge >= 0.3 is 0 Å². The van der Waals surface area contributed by atoms with Crippen molar-refractivity contribution in [1.29, 1.82) is 0 Å². The predicted octanol–water partition coefficient (Wildman–Crippen LogP) is 1.01. The third-order valence-corrected chi connectivity index (χ3v) is 2.65. The molecule has 0 bridgehead atoms. The largest absolute Gasteiger partial charge is 0.507 e. The number of phenols is 1. The monoisotopic (exact) mass is 221 g/mol. The van der Waals surface area contributed by atoms with Crippen LogP contribution in [0.2, 0.25) is 0 Å². The van der Waals surface area contributed by atoms with Gasteiger partial charge in [-0.05, 0) is 12.8 Å². The topological polar surface area (TPSA) is 67.8 Å². The van der Waals surface area contributed by atoms with Crippen LogP contribution in [0.4, 0.5) is 0 Å². The van der Waals surface area contributed by atoms with Gasteiger partial charge in [-0.1, -0.05) is 0 Å². The number of fused-ring (bicyclic) bond motifs is 1. The minimum Gasteiger partial charge on any atom is -0.507 e. The number of carbonyl (C=O) groups is 1. The van der Waals surface area contributed by atoms with E-state index in [0.717, 1.165) is 12.8 Å². The van der Waals surface area contributed by atoms with Crippen LogP contribution < -0.4 is 14.8 Å². The summed E-state index contributed by atoms with van der Waals surface area (Å²) >= 11 is 0. The number of carbonyl (C=O) groups excluding carboxylic acids is 1. The van der Waals surface area contributed by atoms with Gasteiger partial charge < -0.3 is 19.9 Å². The van der Waals surface area contributed by atoms with Gasteiger partial charge in [-0.25, -0.2) is 0 Å². The minimum absolute atomic E-state index is 0.0811. The number of nitrogens with one attached hydrogen (secondary N) is 1. The van der Waals surface area contributed by atoms with E-state index in [0.29, 0.717) is 11.5 Å². The second-order valence-electron chi connectivity index (χ2n) is 3.97. The molecule has 16 heavy (non-hydrogen) atoms. The highest BCUT2D eigenvalue weighted by Crippen LogP contribution is 2.37. The van der Waals surface area contributed by atoms with E-state index in [9.17, 15) is 9.90 Å². The maximum atomic E-state index is 11.7. The lowest BCUT2D eigenvalue weighted by molar-refractivity contribution is 0.0948. The van der Waals surface area contributed by atoms with Crippen LogP contribution in [0.15, 0.2) is 12.1 Å². The molecule has 0 atom stereocenters. The highest BCUT2D eigenvalue weighted by Gasteiger charge is 2.26. The third kappa shape index (κ3) is 1.54. The molecule has 0 saturated heterocycles. The van der Waals surface area contributed by atoms with Gasteiger partial charge in [0.15, 0.2) is 11.5 Å². The fourth-order valence-electron chi connectivity index (χ4n) is 1.60. The Morgan fingerprint density at radius 2 is 2.00 bits per heavy atom. The third-order valence-electron chi connectivity index (χ3n) is 2.65. The van der Waals surface area contributed by atoms with Gasteiger partial charge in [0.1, 0.15) is 5.75 Å². The maximum Gasteiger partial charge on any atom is 0.255 e. The first-order valence-corrected chi connectivity index (χ1v) is 5.17. The average molecular weight is 221 g/mol. The van der Waals surface area contributed by atoms with Crippen molar-refractivity contribution in [3.05, 3.63) is 17.7 Å². The summed E-state index contributed by atoms with van der Waals surface area (Å²) in [4.78, 5) is 11.7. The molecule has 2 aliphatic rings. The molecule has 5 heteroatoms. The van der Waals surface area contributed by atoms with E-state index >= 15 is 0 Å². The second-order valence-corrected chi connectivity index (χ2v) is 3.97. The molecule has 5 nitrogen and oxygen atoms in total. The number of aromatic hydroxyl groups is 1. The SMILES string of the molecule is O=C(NC1CC1)c1cc2c(cc1O)OCO2. The highest BCUT2D eigenvalue weighted by molar-refractivity contribution is 5.98. The molecule has 1 aliphatic carbocycles. The van der Waals surface area contributed by atoms with E-state index in [1.165, 1.54) is 12.1 Å². The lowest BCUT2D eigenvalue weighted by Gasteiger charge is -2.06. The normalized spacial score (nSPS) is 17.2. The number of rotatable bonds is 2. The van der Waals surface area contributed by atoms with Crippen LogP contribution in [0.25, 0.3) is 0 Å². The Kier molecular flexibility index (Phi) is 1.92. The molecule has 1 aliphatic heterocycles. The van der Waals surface area contributed by atoms with Gasteiger partial charge in [0, 0.05) is 18.2 Å². The van der Waals surface area contributed by atoms with Crippen LogP contribution in [0, 0.1) is 0 Å². The molecule has 1 amide bonds. The van der Waals surface area contributed by atoms with Crippen molar-refractivity contribution >= 4 is 5.91 Å². The van der Waals surface area contributed by atoms with E-state index in [-0.39, 0.29) is 30.1 Å². The zero-order valence-electron chi connectivity index (χ0n) is 8.53. The summed E-state index contributed by atoms with van der Waals surface area (Å²) in [5, 5.41) is 12.5. The summed E-state index contributed by atoms with van der Waals surface area (Å²) in [6.45, 7) is 0.127. The van der Waals surface area contributed by atoms with E-state index in [2.05, 4.69) is 5.32 Å². The molecule has 0 spiro atoms. The lowest BCUT2D eigenvalue weighted by atomic mass is 10.1. The molecule has 1 saturated carbocycles. The first kappa shape index (κ1) is 9.33. The number of amides is 1. The molecule has 1 fully saturated rings. The number of ether oxygens (including phenoxy) is 2. The van der Waals surface area contributed by atoms with Crippen molar-refractivity contribution < 1.29 is 19.4 Å². The molecule has 0 aromatic heterocycles. The Morgan fingerprint density at radius 3 is 2.69 bits per heavy atom. The number of phenolic OH excluding ortho intramolecular Hbond substituents is 1. The van der Waals surface area contributed by atoms with Crippen LogP contribution in [-0.2, 0) is 0 Å². The molecule has 1 aromatic rings. The zero-order valence-corrected chi connectivity index (χ0v) is 8.53. The Balaban J connectivity index is 1.90. The Labute approximate surface area is 92.0 Å². The van der Waals surface area contributed by atoms with Gasteiger partial charge in [0.05, 0.1) is 5.56 Å². The van der Waals surface area contributed by atoms with Gasteiger partial charge in [0.2, 0.25) is 6.79 Å². The molecule has 1 aromatic carbocycles. The maximum absolute atomic E-state index is 11.7. The van der Waals surface area contributed by atoms with Gasteiger partial charge in [-0.15, -0.1) is 0 Å². The van der Waals surface area contributed by atoms with Crippen molar-refractivity contribution in [2.75, 3.05) is 6.79 Å². The average Bonchev–Trinajstić information content (AvgIpc) is 2.94. The van der Waals surface area contributed by atoms with Crippen molar-refractivity contribution in [1.82, 2.24) is 5.32 Å². The Hall–Kier alpha value is -1.91. The molecule has 0 radical (unpaired) electrons. The molecular formula is C11H11NO4. The van der Waals surface area contributed by atoms with Crippen LogP contribution in [-0.4, -0.2) is 23.8 Å². The first-order chi connectivity index (χ1) is 7.74. The second kappa shape index (κ2) is 3.30. The quantitative estimate of drug-likeness (QED) is 0.782. The number of hydrogen-bond acceptors (Lipinski definition) is 4. The molecule has 3 rings (SSSR count). The summed E-state index contributed by atoms with van der Waals surface area (Å²) < 4.78 is 10.2. The van der Waals surface area contributed by atoms with E-state index in [1.807, 2.05) is 0 Å². The summed E-state index contributed by atoms with van der Waals surface area (Å²) in [5.74, 6) is 0.625. The minimum atomic E-state index is -0.265.